The van der Waals surface area contributed by atoms with E-state index in [2.05, 4.69) is 35.0 Å². The number of unbranched alkanes of at least 4 members (excludes halogenated alkanes) is 6. The van der Waals surface area contributed by atoms with Crippen LogP contribution in [0.1, 0.15) is 68.0 Å². The van der Waals surface area contributed by atoms with Crippen molar-refractivity contribution in [3.8, 4) is 0 Å². The first kappa shape index (κ1) is 16.2. The maximum atomic E-state index is 3.49. The molecule has 104 valence electrons. The first-order valence-electron chi connectivity index (χ1n) is 7.50. The van der Waals surface area contributed by atoms with Gasteiger partial charge < -0.3 is 0 Å². The van der Waals surface area contributed by atoms with Crippen LogP contribution in [0.25, 0.3) is 0 Å². The molecule has 1 aromatic heterocycles. The molecule has 1 aromatic rings. The Morgan fingerprint density at radius 2 is 1.39 bits per heavy atom. The SMILES string of the molecule is CCCCCCCCc1ccc(CCCCBr)s1. The van der Waals surface area contributed by atoms with Crippen molar-refractivity contribution in [2.75, 3.05) is 5.33 Å². The molecule has 0 fully saturated rings. The molecule has 0 atom stereocenters. The molecule has 0 bridgehead atoms. The Kier molecular flexibility index (Phi) is 9.96. The fourth-order valence-corrected chi connectivity index (χ4v) is 3.66. The van der Waals surface area contributed by atoms with Gasteiger partial charge in [-0.2, -0.15) is 0 Å². The van der Waals surface area contributed by atoms with Gasteiger partial charge >= 0.3 is 0 Å². The van der Waals surface area contributed by atoms with Crippen molar-refractivity contribution in [1.82, 2.24) is 0 Å². The molecule has 0 aliphatic heterocycles. The number of halogens is 1. The Balaban J connectivity index is 2.07. The fourth-order valence-electron chi connectivity index (χ4n) is 2.16. The molecule has 2 heteroatoms. The Labute approximate surface area is 125 Å². The number of thiophene rings is 1. The number of hydrogen-bond donors (Lipinski definition) is 0. The zero-order valence-corrected chi connectivity index (χ0v) is 14.1. The standard InChI is InChI=1S/C16H27BrS/c1-2-3-4-5-6-7-10-15-12-13-16(18-15)11-8-9-14-17/h12-13H,2-11,14H2,1H3. The molecular formula is C16H27BrS. The summed E-state index contributed by atoms with van der Waals surface area (Å²) in [6.45, 7) is 2.28. The zero-order chi connectivity index (χ0) is 13.1. The van der Waals surface area contributed by atoms with Crippen molar-refractivity contribution in [1.29, 1.82) is 0 Å². The molecule has 0 aliphatic rings. The lowest BCUT2D eigenvalue weighted by atomic mass is 10.1. The Hall–Kier alpha value is 0.180. The summed E-state index contributed by atoms with van der Waals surface area (Å²) in [7, 11) is 0. The minimum absolute atomic E-state index is 1.14. The van der Waals surface area contributed by atoms with Crippen LogP contribution >= 0.6 is 27.3 Å². The van der Waals surface area contributed by atoms with E-state index in [1.165, 1.54) is 64.2 Å². The molecule has 0 saturated carbocycles. The van der Waals surface area contributed by atoms with Crippen LogP contribution < -0.4 is 0 Å². The lowest BCUT2D eigenvalue weighted by Gasteiger charge is -1.99. The second-order valence-corrected chi connectivity index (χ2v) is 7.08. The third-order valence-corrected chi connectivity index (χ3v) is 5.07. The van der Waals surface area contributed by atoms with Gasteiger partial charge in [0.25, 0.3) is 0 Å². The second kappa shape index (κ2) is 11.0. The quantitative estimate of drug-likeness (QED) is 0.326. The zero-order valence-electron chi connectivity index (χ0n) is 11.7. The topological polar surface area (TPSA) is 0 Å². The van der Waals surface area contributed by atoms with E-state index < -0.39 is 0 Å². The van der Waals surface area contributed by atoms with E-state index in [0.717, 1.165) is 5.33 Å². The van der Waals surface area contributed by atoms with Gasteiger partial charge in [0.2, 0.25) is 0 Å². The van der Waals surface area contributed by atoms with Gasteiger partial charge in [-0.15, -0.1) is 11.3 Å². The van der Waals surface area contributed by atoms with Gasteiger partial charge in [-0.25, -0.2) is 0 Å². The number of hydrogen-bond acceptors (Lipinski definition) is 1. The van der Waals surface area contributed by atoms with Crippen molar-refractivity contribution in [3.05, 3.63) is 21.9 Å². The van der Waals surface area contributed by atoms with Crippen LogP contribution in [0, 0.1) is 0 Å². The molecule has 0 N–H and O–H groups in total. The van der Waals surface area contributed by atoms with E-state index in [1.54, 1.807) is 9.75 Å². The predicted molar refractivity (Wildman–Crippen MR) is 88.1 cm³/mol. The summed E-state index contributed by atoms with van der Waals surface area (Å²) in [5, 5.41) is 1.14. The Morgan fingerprint density at radius 3 is 2.00 bits per heavy atom. The molecule has 0 unspecified atom stereocenters. The van der Waals surface area contributed by atoms with Crippen LogP contribution in [0.2, 0.25) is 0 Å². The van der Waals surface area contributed by atoms with E-state index in [1.807, 2.05) is 11.3 Å². The molecule has 0 aromatic carbocycles. The summed E-state index contributed by atoms with van der Waals surface area (Å²) < 4.78 is 0. The highest BCUT2D eigenvalue weighted by atomic mass is 79.9. The minimum atomic E-state index is 1.14. The summed E-state index contributed by atoms with van der Waals surface area (Å²) in [4.78, 5) is 3.18. The van der Waals surface area contributed by atoms with Crippen LogP contribution in [-0.2, 0) is 12.8 Å². The maximum Gasteiger partial charge on any atom is 0.00481 e. The average Bonchev–Trinajstić information content (AvgIpc) is 2.82. The smallest absolute Gasteiger partial charge is 0.00481 e. The van der Waals surface area contributed by atoms with E-state index in [4.69, 9.17) is 0 Å². The van der Waals surface area contributed by atoms with Crippen LogP contribution in [0.3, 0.4) is 0 Å². The largest absolute Gasteiger partial charge is 0.145 e. The van der Waals surface area contributed by atoms with Gasteiger partial charge in [-0.1, -0.05) is 55.0 Å². The van der Waals surface area contributed by atoms with Crippen molar-refractivity contribution >= 4 is 27.3 Å². The fraction of sp³-hybridized carbons (Fsp3) is 0.750. The molecular weight excluding hydrogens is 304 g/mol. The van der Waals surface area contributed by atoms with E-state index in [-0.39, 0.29) is 0 Å². The minimum Gasteiger partial charge on any atom is -0.145 e. The molecule has 0 saturated heterocycles. The van der Waals surface area contributed by atoms with E-state index in [9.17, 15) is 0 Å². The normalized spacial score (nSPS) is 11.0. The molecule has 1 heterocycles. The summed E-state index contributed by atoms with van der Waals surface area (Å²) in [5.41, 5.74) is 0. The number of aryl methyl sites for hydroxylation is 2. The average molecular weight is 331 g/mol. The maximum absolute atomic E-state index is 3.49. The highest BCUT2D eigenvalue weighted by Crippen LogP contribution is 2.21. The lowest BCUT2D eigenvalue weighted by Crippen LogP contribution is -1.83. The van der Waals surface area contributed by atoms with Gasteiger partial charge in [0.1, 0.15) is 0 Å². The predicted octanol–water partition coefficient (Wildman–Crippen LogP) is 6.37. The number of rotatable bonds is 11. The monoisotopic (exact) mass is 330 g/mol. The van der Waals surface area contributed by atoms with Gasteiger partial charge in [-0.05, 0) is 44.2 Å². The van der Waals surface area contributed by atoms with Crippen molar-refractivity contribution < 1.29 is 0 Å². The van der Waals surface area contributed by atoms with Gasteiger partial charge in [-0.3, -0.25) is 0 Å². The van der Waals surface area contributed by atoms with Crippen LogP contribution in [0.15, 0.2) is 12.1 Å². The third-order valence-electron chi connectivity index (χ3n) is 3.30. The first-order valence-corrected chi connectivity index (χ1v) is 9.44. The molecule has 0 nitrogen and oxygen atoms in total. The summed E-state index contributed by atoms with van der Waals surface area (Å²) >= 11 is 5.53. The second-order valence-electron chi connectivity index (χ2n) is 5.03. The molecule has 18 heavy (non-hydrogen) atoms. The number of alkyl halides is 1. The highest BCUT2D eigenvalue weighted by Gasteiger charge is 2.00. The molecule has 0 amide bonds. The molecule has 1 rings (SSSR count). The summed E-state index contributed by atoms with van der Waals surface area (Å²) in [6, 6.07) is 4.69. The highest BCUT2D eigenvalue weighted by molar-refractivity contribution is 9.09. The van der Waals surface area contributed by atoms with Crippen LogP contribution in [0.4, 0.5) is 0 Å². The van der Waals surface area contributed by atoms with Crippen molar-refractivity contribution in [2.45, 2.75) is 71.1 Å². The van der Waals surface area contributed by atoms with Crippen LogP contribution in [0.5, 0.6) is 0 Å². The van der Waals surface area contributed by atoms with E-state index in [0.29, 0.717) is 0 Å². The lowest BCUT2D eigenvalue weighted by molar-refractivity contribution is 0.609. The van der Waals surface area contributed by atoms with Crippen molar-refractivity contribution in [3.63, 3.8) is 0 Å². The van der Waals surface area contributed by atoms with Gasteiger partial charge in [0, 0.05) is 15.1 Å². The molecule has 0 radical (unpaired) electrons. The Morgan fingerprint density at radius 1 is 0.833 bits per heavy atom. The summed E-state index contributed by atoms with van der Waals surface area (Å²) in [6.07, 6.45) is 13.6. The van der Waals surface area contributed by atoms with Gasteiger partial charge in [0.15, 0.2) is 0 Å². The summed E-state index contributed by atoms with van der Waals surface area (Å²) in [5.74, 6) is 0. The molecule has 0 aliphatic carbocycles. The Bertz CT molecular complexity index is 293. The van der Waals surface area contributed by atoms with E-state index >= 15 is 0 Å². The van der Waals surface area contributed by atoms with Crippen LogP contribution in [-0.4, -0.2) is 5.33 Å². The van der Waals surface area contributed by atoms with Gasteiger partial charge in [0.05, 0.1) is 0 Å². The van der Waals surface area contributed by atoms with Crippen molar-refractivity contribution in [2.24, 2.45) is 0 Å². The molecule has 0 spiro atoms. The first-order chi connectivity index (χ1) is 8.86. The third kappa shape index (κ3) is 7.58.